The highest BCUT2D eigenvalue weighted by molar-refractivity contribution is 5.91. The number of aromatic nitrogens is 2. The van der Waals surface area contributed by atoms with Crippen molar-refractivity contribution in [2.45, 2.75) is 66.7 Å². The number of nitrogens with zero attached hydrogens (tertiary/aromatic N) is 4. The van der Waals surface area contributed by atoms with E-state index in [1.807, 2.05) is 13.1 Å². The van der Waals surface area contributed by atoms with Crippen LogP contribution in [-0.4, -0.2) is 36.0 Å². The van der Waals surface area contributed by atoms with Gasteiger partial charge in [0, 0.05) is 20.0 Å². The minimum absolute atomic E-state index is 0.129. The number of nitrogens with two attached hydrogens (primary N) is 1. The Balaban J connectivity index is 1.49. The number of nitrogen functional groups attached to an aromatic ring is 1. The van der Waals surface area contributed by atoms with Gasteiger partial charge in [0.1, 0.15) is 12.0 Å². The standard InChI is InChI=1S/C26H39N5O/c1-18(10-12-26(5)20(3)14-22(32)15-21(26)4)8-7-9-19(2)11-13-31-17-30(6)25-23(31)24(27)28-16-29-25/h8,11,14,16,21H,7,9-10,12-13,15,17H2,1-6H3,(H2,27,28,29). The van der Waals surface area contributed by atoms with E-state index < -0.39 is 0 Å². The second-order valence-electron chi connectivity index (χ2n) is 9.95. The van der Waals surface area contributed by atoms with Crippen molar-refractivity contribution in [3.63, 3.8) is 0 Å². The number of carbonyl (C=O) groups is 1. The zero-order valence-electron chi connectivity index (χ0n) is 20.6. The van der Waals surface area contributed by atoms with Gasteiger partial charge in [-0.25, -0.2) is 9.97 Å². The van der Waals surface area contributed by atoms with E-state index in [0.717, 1.165) is 50.4 Å². The molecule has 0 spiro atoms. The Kier molecular flexibility index (Phi) is 7.42. The molecule has 2 atom stereocenters. The lowest BCUT2D eigenvalue weighted by Crippen LogP contribution is -2.32. The molecule has 1 aromatic heterocycles. The molecule has 1 aliphatic heterocycles. The highest BCUT2D eigenvalue weighted by Gasteiger charge is 2.36. The van der Waals surface area contributed by atoms with Gasteiger partial charge in [-0.15, -0.1) is 0 Å². The molecule has 2 N–H and O–H groups in total. The van der Waals surface area contributed by atoms with Crippen molar-refractivity contribution in [2.75, 3.05) is 35.8 Å². The fourth-order valence-corrected chi connectivity index (χ4v) is 4.81. The highest BCUT2D eigenvalue weighted by Crippen LogP contribution is 2.45. The number of rotatable bonds is 8. The highest BCUT2D eigenvalue weighted by atomic mass is 16.1. The van der Waals surface area contributed by atoms with E-state index in [1.165, 1.54) is 23.0 Å². The third-order valence-corrected chi connectivity index (χ3v) is 7.50. The lowest BCUT2D eigenvalue weighted by atomic mass is 9.64. The molecule has 32 heavy (non-hydrogen) atoms. The summed E-state index contributed by atoms with van der Waals surface area (Å²) < 4.78 is 0. The van der Waals surface area contributed by atoms with Gasteiger partial charge < -0.3 is 15.5 Å². The third-order valence-electron chi connectivity index (χ3n) is 7.50. The Labute approximate surface area is 193 Å². The number of anilines is 3. The fraction of sp³-hybridized carbons (Fsp3) is 0.577. The maximum Gasteiger partial charge on any atom is 0.159 e. The lowest BCUT2D eigenvalue weighted by molar-refractivity contribution is -0.117. The van der Waals surface area contributed by atoms with Gasteiger partial charge in [-0.05, 0) is 63.9 Å². The Morgan fingerprint density at radius 1 is 1.25 bits per heavy atom. The van der Waals surface area contributed by atoms with Crippen molar-refractivity contribution in [1.82, 2.24) is 9.97 Å². The van der Waals surface area contributed by atoms with Crippen LogP contribution in [0.15, 0.2) is 41.3 Å². The van der Waals surface area contributed by atoms with E-state index >= 15 is 0 Å². The maximum absolute atomic E-state index is 11.8. The number of ketones is 1. The van der Waals surface area contributed by atoms with Gasteiger partial charge in [-0.3, -0.25) is 4.79 Å². The second-order valence-corrected chi connectivity index (χ2v) is 9.95. The Morgan fingerprint density at radius 2 is 1.97 bits per heavy atom. The molecular weight excluding hydrogens is 398 g/mol. The van der Waals surface area contributed by atoms with Crippen LogP contribution in [0.3, 0.4) is 0 Å². The van der Waals surface area contributed by atoms with E-state index in [2.05, 4.69) is 66.5 Å². The van der Waals surface area contributed by atoms with Gasteiger partial charge in [0.05, 0.1) is 6.67 Å². The largest absolute Gasteiger partial charge is 0.382 e. The van der Waals surface area contributed by atoms with Crippen LogP contribution >= 0.6 is 0 Å². The molecule has 2 unspecified atom stereocenters. The van der Waals surface area contributed by atoms with Gasteiger partial charge >= 0.3 is 0 Å². The molecule has 174 valence electrons. The van der Waals surface area contributed by atoms with Crippen LogP contribution in [0.4, 0.5) is 17.3 Å². The number of fused-ring (bicyclic) bond motifs is 1. The first-order valence-electron chi connectivity index (χ1n) is 11.7. The summed E-state index contributed by atoms with van der Waals surface area (Å²) in [7, 11) is 2.03. The van der Waals surface area contributed by atoms with Crippen LogP contribution < -0.4 is 15.5 Å². The van der Waals surface area contributed by atoms with E-state index in [1.54, 1.807) is 0 Å². The van der Waals surface area contributed by atoms with Crippen molar-refractivity contribution >= 4 is 23.1 Å². The summed E-state index contributed by atoms with van der Waals surface area (Å²) in [6.07, 6.45) is 13.0. The van der Waals surface area contributed by atoms with E-state index in [9.17, 15) is 4.79 Å². The van der Waals surface area contributed by atoms with E-state index in [0.29, 0.717) is 18.2 Å². The van der Waals surface area contributed by atoms with Gasteiger partial charge in [-0.2, -0.15) is 0 Å². The average Bonchev–Trinajstić information content (AvgIpc) is 3.06. The minimum atomic E-state index is 0.129. The first-order valence-corrected chi connectivity index (χ1v) is 11.7. The summed E-state index contributed by atoms with van der Waals surface area (Å²) in [5, 5.41) is 0. The van der Waals surface area contributed by atoms with Crippen molar-refractivity contribution in [3.8, 4) is 0 Å². The predicted molar refractivity (Wildman–Crippen MR) is 134 cm³/mol. The monoisotopic (exact) mass is 437 g/mol. The first-order chi connectivity index (χ1) is 15.1. The zero-order chi connectivity index (χ0) is 23.5. The summed E-state index contributed by atoms with van der Waals surface area (Å²) in [6.45, 7) is 12.7. The number of hydrogen-bond donors (Lipinski definition) is 1. The molecule has 2 heterocycles. The molecule has 0 fully saturated rings. The summed E-state index contributed by atoms with van der Waals surface area (Å²) in [4.78, 5) is 24.7. The van der Waals surface area contributed by atoms with Crippen LogP contribution in [0.25, 0.3) is 0 Å². The molecule has 0 saturated heterocycles. The Morgan fingerprint density at radius 3 is 2.69 bits per heavy atom. The summed E-state index contributed by atoms with van der Waals surface area (Å²) in [5.74, 6) is 2.13. The molecule has 0 aromatic carbocycles. The Bertz CT molecular complexity index is 948. The Hall–Kier alpha value is -2.63. The molecule has 0 radical (unpaired) electrons. The van der Waals surface area contributed by atoms with Crippen LogP contribution in [0.5, 0.6) is 0 Å². The van der Waals surface area contributed by atoms with Gasteiger partial charge in [0.25, 0.3) is 0 Å². The SMILES string of the molecule is CC(=CCN1CN(C)c2ncnc(N)c21)CCC=C(C)CCC1(C)C(C)=CC(=O)CC1C. The molecule has 1 aliphatic carbocycles. The minimum Gasteiger partial charge on any atom is -0.382 e. The molecule has 0 saturated carbocycles. The third kappa shape index (κ3) is 5.22. The number of hydrogen-bond acceptors (Lipinski definition) is 6. The quantitative estimate of drug-likeness (QED) is 0.557. The zero-order valence-corrected chi connectivity index (χ0v) is 20.6. The van der Waals surface area contributed by atoms with Crippen LogP contribution in [-0.2, 0) is 4.79 Å². The maximum atomic E-state index is 11.8. The second kappa shape index (κ2) is 9.88. The van der Waals surface area contributed by atoms with Gasteiger partial charge in [0.2, 0.25) is 0 Å². The van der Waals surface area contributed by atoms with Crippen LogP contribution in [0.2, 0.25) is 0 Å². The van der Waals surface area contributed by atoms with Crippen LogP contribution in [0.1, 0.15) is 66.7 Å². The van der Waals surface area contributed by atoms with Gasteiger partial charge in [0.15, 0.2) is 17.4 Å². The smallest absolute Gasteiger partial charge is 0.159 e. The van der Waals surface area contributed by atoms with Crippen molar-refractivity contribution in [3.05, 3.63) is 41.3 Å². The van der Waals surface area contributed by atoms with E-state index in [4.69, 9.17) is 5.73 Å². The molecule has 1 aromatic rings. The number of carbonyl (C=O) groups excluding carboxylic acids is 1. The van der Waals surface area contributed by atoms with Crippen LogP contribution in [0, 0.1) is 11.3 Å². The predicted octanol–water partition coefficient (Wildman–Crippen LogP) is 5.29. The van der Waals surface area contributed by atoms with Crippen molar-refractivity contribution in [1.29, 1.82) is 0 Å². The molecule has 2 aliphatic rings. The first kappa shape index (κ1) is 24.0. The molecule has 3 rings (SSSR count). The molecule has 6 nitrogen and oxygen atoms in total. The van der Waals surface area contributed by atoms with Gasteiger partial charge in [-0.1, -0.05) is 42.7 Å². The normalized spacial score (nSPS) is 24.1. The topological polar surface area (TPSA) is 75.3 Å². The summed E-state index contributed by atoms with van der Waals surface area (Å²) in [6, 6.07) is 0. The fourth-order valence-electron chi connectivity index (χ4n) is 4.81. The lowest BCUT2D eigenvalue weighted by Gasteiger charge is -2.39. The van der Waals surface area contributed by atoms with Crippen molar-refractivity contribution < 1.29 is 4.79 Å². The van der Waals surface area contributed by atoms with E-state index in [-0.39, 0.29) is 11.2 Å². The molecular formula is C26H39N5O. The summed E-state index contributed by atoms with van der Waals surface area (Å²) in [5.41, 5.74) is 11.2. The molecule has 6 heteroatoms. The molecule has 0 amide bonds. The molecule has 0 bridgehead atoms. The summed E-state index contributed by atoms with van der Waals surface area (Å²) >= 11 is 0. The average molecular weight is 438 g/mol. The number of allylic oxidation sites excluding steroid dienone is 5. The van der Waals surface area contributed by atoms with Crippen molar-refractivity contribution in [2.24, 2.45) is 11.3 Å².